The quantitative estimate of drug-likeness (QED) is 0.138. The number of hydrogen-bond acceptors (Lipinski definition) is 4. The third-order valence-electron chi connectivity index (χ3n) is 9.64. The Morgan fingerprint density at radius 2 is 1.02 bits per heavy atom. The van der Waals surface area contributed by atoms with Crippen molar-refractivity contribution in [3.63, 3.8) is 0 Å². The molecule has 0 spiro atoms. The Kier molecular flexibility index (Phi) is 10.1. The maximum Gasteiger partial charge on any atom is 0.261 e. The molecule has 4 nitrogen and oxygen atoms in total. The van der Waals surface area contributed by atoms with E-state index in [-0.39, 0.29) is 16.9 Å². The number of hydrogen-bond donors (Lipinski definition) is 0. The van der Waals surface area contributed by atoms with Crippen LogP contribution in [0.25, 0.3) is 0 Å². The van der Waals surface area contributed by atoms with Crippen LogP contribution >= 0.6 is 7.37 Å². The summed E-state index contributed by atoms with van der Waals surface area (Å²) >= 11 is 0. The average Bonchev–Trinajstić information content (AvgIpc) is 3.51. The first kappa shape index (κ1) is 35.6. The largest absolute Gasteiger partial charge is 0.472 e. The van der Waals surface area contributed by atoms with E-state index in [1.54, 1.807) is 0 Å². The second-order valence-electron chi connectivity index (χ2n) is 15.7. The van der Waals surface area contributed by atoms with Crippen molar-refractivity contribution >= 4 is 23.9 Å². The minimum atomic E-state index is -3.67. The lowest BCUT2D eigenvalue weighted by molar-refractivity contribution is 0.0185. The number of ether oxygens (including phenoxy) is 1. The summed E-state index contributed by atoms with van der Waals surface area (Å²) in [4.78, 5) is 5.47. The van der Waals surface area contributed by atoms with Crippen LogP contribution in [0.3, 0.4) is 0 Å². The Labute approximate surface area is 299 Å². The van der Waals surface area contributed by atoms with Gasteiger partial charge in [0.05, 0.1) is 0 Å². The molecule has 0 N–H and O–H groups in total. The van der Waals surface area contributed by atoms with Crippen LogP contribution in [0, 0.1) is 0 Å². The standard InChI is InChI=1S/C45H50NO3P/c1-33-41(46-42(48-33)36-28-37(43(2,3)4)30-38(29-36)44(5,6)7)45(31-34-20-12-8-13-21-34,32-35-22-14-9-15-23-35)49-50(47,39-24-16-10-17-25-39)40-26-18-11-19-27-40/h8-30,33,41H,31-32H2,1-7H3/t33-,41-/m0/s1. The van der Waals surface area contributed by atoms with E-state index in [4.69, 9.17) is 14.3 Å². The zero-order valence-electron chi connectivity index (χ0n) is 30.5. The second kappa shape index (κ2) is 14.2. The first-order valence-electron chi connectivity index (χ1n) is 17.7. The lowest BCUT2D eigenvalue weighted by Gasteiger charge is -2.41. The fourth-order valence-electron chi connectivity index (χ4n) is 6.84. The van der Waals surface area contributed by atoms with Crippen LogP contribution in [-0.2, 0) is 37.5 Å². The molecule has 0 saturated heterocycles. The summed E-state index contributed by atoms with van der Waals surface area (Å²) in [5, 5.41) is 1.31. The highest BCUT2D eigenvalue weighted by Gasteiger charge is 2.52. The van der Waals surface area contributed by atoms with E-state index in [2.05, 4.69) is 90.9 Å². The van der Waals surface area contributed by atoms with Gasteiger partial charge in [0.2, 0.25) is 5.90 Å². The van der Waals surface area contributed by atoms with Crippen molar-refractivity contribution in [2.24, 2.45) is 4.99 Å². The van der Waals surface area contributed by atoms with Gasteiger partial charge in [-0.05, 0) is 76.4 Å². The van der Waals surface area contributed by atoms with Gasteiger partial charge in [-0.2, -0.15) is 0 Å². The zero-order chi connectivity index (χ0) is 35.6. The van der Waals surface area contributed by atoms with Crippen LogP contribution in [0.2, 0.25) is 0 Å². The summed E-state index contributed by atoms with van der Waals surface area (Å²) in [6.45, 7) is 15.5. The van der Waals surface area contributed by atoms with Gasteiger partial charge >= 0.3 is 0 Å². The molecular weight excluding hydrogens is 633 g/mol. The van der Waals surface area contributed by atoms with E-state index in [1.165, 1.54) is 11.1 Å². The monoisotopic (exact) mass is 683 g/mol. The molecule has 1 aliphatic rings. The Bertz CT molecular complexity index is 1840. The molecule has 0 radical (unpaired) electrons. The van der Waals surface area contributed by atoms with Crippen molar-refractivity contribution in [1.82, 2.24) is 0 Å². The lowest BCUT2D eigenvalue weighted by atomic mass is 9.79. The summed E-state index contributed by atoms with van der Waals surface area (Å²) in [5.41, 5.74) is 4.40. The molecular formula is C45H50NO3P. The molecule has 0 aliphatic carbocycles. The van der Waals surface area contributed by atoms with Gasteiger partial charge in [-0.3, -0.25) is 4.57 Å². The van der Waals surface area contributed by atoms with Crippen molar-refractivity contribution in [3.05, 3.63) is 167 Å². The normalized spacial score (nSPS) is 16.9. The molecule has 0 unspecified atom stereocenters. The highest BCUT2D eigenvalue weighted by atomic mass is 31.2. The van der Waals surface area contributed by atoms with Crippen LogP contribution in [0.1, 0.15) is 76.3 Å². The van der Waals surface area contributed by atoms with Crippen LogP contribution in [-0.4, -0.2) is 23.6 Å². The maximum atomic E-state index is 15.8. The van der Waals surface area contributed by atoms with E-state index in [9.17, 15) is 0 Å². The predicted molar refractivity (Wildman–Crippen MR) is 209 cm³/mol. The molecule has 2 atom stereocenters. The van der Waals surface area contributed by atoms with Gasteiger partial charge in [-0.1, -0.05) is 145 Å². The molecule has 0 aromatic heterocycles. The van der Waals surface area contributed by atoms with Crippen molar-refractivity contribution in [3.8, 4) is 0 Å². The molecule has 258 valence electrons. The fourth-order valence-corrected chi connectivity index (χ4v) is 9.23. The number of aliphatic imine (C=N–C) groups is 1. The topological polar surface area (TPSA) is 47.9 Å². The molecule has 0 amide bonds. The van der Waals surface area contributed by atoms with Crippen molar-refractivity contribution in [2.45, 2.75) is 89.9 Å². The van der Waals surface area contributed by atoms with Crippen molar-refractivity contribution < 1.29 is 13.8 Å². The third-order valence-corrected chi connectivity index (χ3v) is 12.2. The summed E-state index contributed by atoms with van der Waals surface area (Å²) in [7, 11) is -3.67. The third kappa shape index (κ3) is 7.73. The van der Waals surface area contributed by atoms with Gasteiger partial charge in [0, 0.05) is 29.0 Å². The molecule has 0 fully saturated rings. The molecule has 5 aromatic rings. The minimum absolute atomic E-state index is 0.0638. The first-order valence-corrected chi connectivity index (χ1v) is 19.3. The van der Waals surface area contributed by atoms with E-state index in [1.807, 2.05) is 97.1 Å². The second-order valence-corrected chi connectivity index (χ2v) is 18.0. The van der Waals surface area contributed by atoms with Gasteiger partial charge in [-0.25, -0.2) is 4.99 Å². The van der Waals surface area contributed by atoms with Crippen LogP contribution in [0.4, 0.5) is 0 Å². The van der Waals surface area contributed by atoms with Gasteiger partial charge in [0.1, 0.15) is 17.7 Å². The molecule has 6 rings (SSSR count). The van der Waals surface area contributed by atoms with Crippen molar-refractivity contribution in [2.75, 3.05) is 0 Å². The number of benzene rings is 5. The highest BCUT2D eigenvalue weighted by Crippen LogP contribution is 2.52. The summed E-state index contributed by atoms with van der Waals surface area (Å²) in [5.74, 6) is 0.599. The highest BCUT2D eigenvalue weighted by molar-refractivity contribution is 7.74. The van der Waals surface area contributed by atoms with Gasteiger partial charge in [-0.15, -0.1) is 0 Å². The molecule has 0 saturated carbocycles. The average molecular weight is 684 g/mol. The number of nitrogens with zero attached hydrogens (tertiary/aromatic N) is 1. The smallest absolute Gasteiger partial charge is 0.261 e. The first-order chi connectivity index (χ1) is 23.8. The minimum Gasteiger partial charge on any atom is -0.472 e. The van der Waals surface area contributed by atoms with E-state index in [0.717, 1.165) is 16.7 Å². The van der Waals surface area contributed by atoms with Crippen molar-refractivity contribution in [1.29, 1.82) is 0 Å². The predicted octanol–water partition coefficient (Wildman–Crippen LogP) is 9.99. The van der Waals surface area contributed by atoms with Gasteiger partial charge < -0.3 is 9.26 Å². The maximum absolute atomic E-state index is 15.8. The van der Waals surface area contributed by atoms with Gasteiger partial charge in [0.15, 0.2) is 0 Å². The summed E-state index contributed by atoms with van der Waals surface area (Å²) in [6, 6.07) is 46.2. The Morgan fingerprint density at radius 1 is 0.620 bits per heavy atom. The van der Waals surface area contributed by atoms with E-state index < -0.39 is 19.0 Å². The summed E-state index contributed by atoms with van der Waals surface area (Å²) in [6.07, 6.45) is 0.613. The van der Waals surface area contributed by atoms with Gasteiger partial charge in [0.25, 0.3) is 7.37 Å². The fraction of sp³-hybridized carbons (Fsp3) is 0.311. The SMILES string of the molecule is C[C@@H]1OC(c2cc(C(C)(C)C)cc(C(C)(C)C)c2)=N[C@@H]1C(Cc1ccccc1)(Cc1ccccc1)OP(=O)(c1ccccc1)c1ccccc1. The van der Waals surface area contributed by atoms with E-state index >= 15 is 4.57 Å². The van der Waals surface area contributed by atoms with E-state index in [0.29, 0.717) is 29.3 Å². The Balaban J connectivity index is 1.58. The molecule has 1 aliphatic heterocycles. The Hall–Kier alpha value is -4.24. The Morgan fingerprint density at radius 3 is 1.42 bits per heavy atom. The van der Waals surface area contributed by atoms with Crippen LogP contribution in [0.5, 0.6) is 0 Å². The van der Waals surface area contributed by atoms with Crippen LogP contribution < -0.4 is 10.6 Å². The molecule has 5 aromatic carbocycles. The van der Waals surface area contributed by atoms with Crippen LogP contribution in [0.15, 0.2) is 145 Å². The number of rotatable bonds is 10. The zero-order valence-corrected chi connectivity index (χ0v) is 31.4. The molecule has 5 heteroatoms. The summed E-state index contributed by atoms with van der Waals surface area (Å²) < 4.78 is 30.1. The molecule has 50 heavy (non-hydrogen) atoms. The lowest BCUT2D eigenvalue weighted by Crippen LogP contribution is -2.52. The molecule has 0 bridgehead atoms. The molecule has 1 heterocycles.